The lowest BCUT2D eigenvalue weighted by molar-refractivity contribution is 0.101. The van der Waals surface area contributed by atoms with Gasteiger partial charge in [-0.15, -0.1) is 0 Å². The molecule has 1 heterocycles. The van der Waals surface area contributed by atoms with Crippen LogP contribution in [0.5, 0.6) is 11.5 Å². The fraction of sp³-hybridized carbons (Fsp3) is 0.238. The largest absolute Gasteiger partial charge is 0.478 e. The highest BCUT2D eigenvalue weighted by molar-refractivity contribution is 6.14. The minimum atomic E-state index is -0.141. The number of rotatable bonds is 4. The third-order valence-electron chi connectivity index (χ3n) is 4.23. The molecule has 0 radical (unpaired) electrons. The highest BCUT2D eigenvalue weighted by atomic mass is 16.5. The van der Waals surface area contributed by atoms with Crippen LogP contribution in [0.25, 0.3) is 6.08 Å². The lowest BCUT2D eigenvalue weighted by Crippen LogP contribution is -1.98. The topological polar surface area (TPSA) is 59.3 Å². The maximum atomic E-state index is 12.6. The van der Waals surface area contributed by atoms with Gasteiger partial charge in [0, 0.05) is 5.56 Å². The molecule has 25 heavy (non-hydrogen) atoms. The van der Waals surface area contributed by atoms with Gasteiger partial charge in [0.2, 0.25) is 5.78 Å². The van der Waals surface area contributed by atoms with E-state index < -0.39 is 0 Å². The van der Waals surface area contributed by atoms with Crippen molar-refractivity contribution < 1.29 is 14.3 Å². The number of fused-ring (bicyclic) bond motifs is 1. The quantitative estimate of drug-likeness (QED) is 0.765. The van der Waals surface area contributed by atoms with Crippen LogP contribution in [0.3, 0.4) is 0 Å². The van der Waals surface area contributed by atoms with Crippen molar-refractivity contribution in [2.75, 3.05) is 6.61 Å². The van der Waals surface area contributed by atoms with Gasteiger partial charge in [-0.25, -0.2) is 0 Å². The van der Waals surface area contributed by atoms with Gasteiger partial charge in [0.05, 0.1) is 5.56 Å². The molecule has 126 valence electrons. The average molecular weight is 333 g/mol. The third kappa shape index (κ3) is 3.27. The monoisotopic (exact) mass is 333 g/mol. The van der Waals surface area contributed by atoms with Gasteiger partial charge in [0.25, 0.3) is 0 Å². The van der Waals surface area contributed by atoms with Crippen LogP contribution in [0.2, 0.25) is 0 Å². The Kier molecular flexibility index (Phi) is 4.58. The van der Waals surface area contributed by atoms with E-state index in [0.29, 0.717) is 28.7 Å². The van der Waals surface area contributed by atoms with E-state index in [1.165, 1.54) is 5.56 Å². The van der Waals surface area contributed by atoms with Gasteiger partial charge in [0.1, 0.15) is 17.6 Å². The summed E-state index contributed by atoms with van der Waals surface area (Å²) in [5.74, 6) is 1.68. The number of ketones is 1. The van der Waals surface area contributed by atoms with E-state index >= 15 is 0 Å². The van der Waals surface area contributed by atoms with Crippen LogP contribution in [0.4, 0.5) is 0 Å². The smallest absolute Gasteiger partial charge is 0.231 e. The van der Waals surface area contributed by atoms with Gasteiger partial charge in [-0.05, 0) is 42.2 Å². The van der Waals surface area contributed by atoms with Crippen molar-refractivity contribution in [2.24, 2.45) is 0 Å². The van der Waals surface area contributed by atoms with Crippen molar-refractivity contribution in [3.8, 4) is 17.6 Å². The molecule has 1 aliphatic rings. The standard InChI is InChI=1S/C21H19NO3/c1-13(2)16-6-4-15(5-7-16)12-19-20(23)17-8-9-18(24-11-10-22)14(3)21(17)25-19/h4-9,12-13H,11H2,1-3H3/b19-12-. The number of benzene rings is 2. The van der Waals surface area contributed by atoms with Gasteiger partial charge in [-0.1, -0.05) is 38.1 Å². The number of Topliss-reactive ketones (excluding diaryl/α,β-unsaturated/α-hetero) is 1. The van der Waals surface area contributed by atoms with E-state index in [-0.39, 0.29) is 12.4 Å². The van der Waals surface area contributed by atoms with Crippen molar-refractivity contribution in [1.29, 1.82) is 5.26 Å². The number of carbonyl (C=O) groups excluding carboxylic acids is 1. The molecule has 0 saturated carbocycles. The molecule has 0 fully saturated rings. The minimum absolute atomic E-state index is 0.0432. The van der Waals surface area contributed by atoms with Gasteiger partial charge in [0.15, 0.2) is 12.4 Å². The lowest BCUT2D eigenvalue weighted by atomic mass is 10.0. The zero-order valence-electron chi connectivity index (χ0n) is 14.5. The Morgan fingerprint density at radius 3 is 2.56 bits per heavy atom. The van der Waals surface area contributed by atoms with Gasteiger partial charge < -0.3 is 9.47 Å². The summed E-state index contributed by atoms with van der Waals surface area (Å²) in [6.07, 6.45) is 1.75. The van der Waals surface area contributed by atoms with Crippen LogP contribution in [0.15, 0.2) is 42.2 Å². The summed E-state index contributed by atoms with van der Waals surface area (Å²) in [7, 11) is 0. The second-order valence-corrected chi connectivity index (χ2v) is 6.27. The molecule has 0 bridgehead atoms. The summed E-state index contributed by atoms with van der Waals surface area (Å²) in [6, 6.07) is 13.4. The second kappa shape index (κ2) is 6.82. The summed E-state index contributed by atoms with van der Waals surface area (Å²) in [5, 5.41) is 8.64. The first kappa shape index (κ1) is 16.8. The van der Waals surface area contributed by atoms with Gasteiger partial charge in [-0.3, -0.25) is 4.79 Å². The normalized spacial score (nSPS) is 14.4. The number of hydrogen-bond donors (Lipinski definition) is 0. The molecule has 0 N–H and O–H groups in total. The molecule has 2 aromatic rings. The van der Waals surface area contributed by atoms with Crippen LogP contribution in [-0.4, -0.2) is 12.4 Å². The van der Waals surface area contributed by atoms with E-state index in [1.54, 1.807) is 18.2 Å². The molecule has 0 amide bonds. The molecule has 4 nitrogen and oxygen atoms in total. The third-order valence-corrected chi connectivity index (χ3v) is 4.23. The average Bonchev–Trinajstić information content (AvgIpc) is 2.92. The van der Waals surface area contributed by atoms with Crippen molar-refractivity contribution in [3.05, 3.63) is 64.4 Å². The van der Waals surface area contributed by atoms with E-state index in [4.69, 9.17) is 14.7 Å². The molecule has 2 aromatic carbocycles. The Bertz CT molecular complexity index is 887. The summed E-state index contributed by atoms with van der Waals surface area (Å²) in [5.41, 5.74) is 3.41. The SMILES string of the molecule is Cc1c(OCC#N)ccc2c1O/C(=C\c1ccc(C(C)C)cc1)C2=O. The van der Waals surface area contributed by atoms with E-state index in [1.807, 2.05) is 25.1 Å². The van der Waals surface area contributed by atoms with Crippen molar-refractivity contribution in [1.82, 2.24) is 0 Å². The summed E-state index contributed by atoms with van der Waals surface area (Å²) in [6.45, 7) is 6.06. The number of carbonyl (C=O) groups is 1. The first-order valence-corrected chi connectivity index (χ1v) is 8.19. The molecule has 0 spiro atoms. The highest BCUT2D eigenvalue weighted by Crippen LogP contribution is 2.39. The van der Waals surface area contributed by atoms with Gasteiger partial charge in [-0.2, -0.15) is 5.26 Å². The molecule has 0 unspecified atom stereocenters. The number of ether oxygens (including phenoxy) is 2. The van der Waals surface area contributed by atoms with E-state index in [2.05, 4.69) is 26.0 Å². The van der Waals surface area contributed by atoms with Gasteiger partial charge >= 0.3 is 0 Å². The molecule has 0 saturated heterocycles. The Balaban J connectivity index is 1.89. The Morgan fingerprint density at radius 1 is 1.20 bits per heavy atom. The zero-order valence-corrected chi connectivity index (χ0v) is 14.5. The summed E-state index contributed by atoms with van der Waals surface area (Å²) < 4.78 is 11.2. The van der Waals surface area contributed by atoms with Crippen LogP contribution in [-0.2, 0) is 0 Å². The zero-order chi connectivity index (χ0) is 18.0. The molecule has 1 aliphatic heterocycles. The first-order chi connectivity index (χ1) is 12.0. The maximum Gasteiger partial charge on any atom is 0.231 e. The van der Waals surface area contributed by atoms with Crippen molar-refractivity contribution >= 4 is 11.9 Å². The fourth-order valence-corrected chi connectivity index (χ4v) is 2.76. The number of nitriles is 1. The minimum Gasteiger partial charge on any atom is -0.478 e. The fourth-order valence-electron chi connectivity index (χ4n) is 2.76. The number of hydrogen-bond acceptors (Lipinski definition) is 4. The highest BCUT2D eigenvalue weighted by Gasteiger charge is 2.30. The second-order valence-electron chi connectivity index (χ2n) is 6.27. The predicted molar refractivity (Wildman–Crippen MR) is 95.8 cm³/mol. The Hall–Kier alpha value is -3.06. The Labute approximate surface area is 147 Å². The van der Waals surface area contributed by atoms with E-state index in [9.17, 15) is 4.79 Å². The maximum absolute atomic E-state index is 12.6. The van der Waals surface area contributed by atoms with Crippen LogP contribution in [0, 0.1) is 18.3 Å². The van der Waals surface area contributed by atoms with Crippen LogP contribution < -0.4 is 9.47 Å². The van der Waals surface area contributed by atoms with E-state index in [0.717, 1.165) is 11.1 Å². The lowest BCUT2D eigenvalue weighted by Gasteiger charge is -2.08. The van der Waals surface area contributed by atoms with Crippen molar-refractivity contribution in [2.45, 2.75) is 26.7 Å². The molecule has 3 rings (SSSR count). The number of nitrogens with zero attached hydrogens (tertiary/aromatic N) is 1. The van der Waals surface area contributed by atoms with Crippen LogP contribution >= 0.6 is 0 Å². The van der Waals surface area contributed by atoms with Crippen molar-refractivity contribution in [3.63, 3.8) is 0 Å². The first-order valence-electron chi connectivity index (χ1n) is 8.19. The predicted octanol–water partition coefficient (Wildman–Crippen LogP) is 4.64. The summed E-state index contributed by atoms with van der Waals surface area (Å²) in [4.78, 5) is 12.6. The Morgan fingerprint density at radius 2 is 1.92 bits per heavy atom. The molecular formula is C21H19NO3. The molecule has 0 atom stereocenters. The number of allylic oxidation sites excluding steroid dienone is 1. The van der Waals surface area contributed by atoms with Crippen LogP contribution in [0.1, 0.15) is 46.8 Å². The molecule has 0 aromatic heterocycles. The molecule has 4 heteroatoms. The summed E-state index contributed by atoms with van der Waals surface area (Å²) >= 11 is 0. The molecular weight excluding hydrogens is 314 g/mol. The molecule has 0 aliphatic carbocycles.